The Morgan fingerprint density at radius 3 is 2.62 bits per heavy atom. The van der Waals surface area contributed by atoms with Crippen molar-refractivity contribution in [2.45, 2.75) is 12.8 Å². The molecule has 5 nitrogen and oxygen atoms in total. The number of hydrogen-bond acceptors (Lipinski definition) is 5. The molecule has 5 heteroatoms. The minimum atomic E-state index is 0.364. The highest BCUT2D eigenvalue weighted by Gasteiger charge is 2.39. The quantitative estimate of drug-likeness (QED) is 0.708. The Balaban J connectivity index is 1.69. The van der Waals surface area contributed by atoms with E-state index in [1.807, 2.05) is 6.07 Å². The smallest absolute Gasteiger partial charge is 0.221 e. The van der Waals surface area contributed by atoms with Crippen LogP contribution in [0.1, 0.15) is 12.8 Å². The summed E-state index contributed by atoms with van der Waals surface area (Å²) in [5.41, 5.74) is 6.18. The summed E-state index contributed by atoms with van der Waals surface area (Å²) in [5, 5.41) is 3.37. The van der Waals surface area contributed by atoms with Gasteiger partial charge in [0, 0.05) is 32.4 Å². The van der Waals surface area contributed by atoms with Crippen molar-refractivity contribution in [1.82, 2.24) is 15.3 Å². The average molecular weight is 219 g/mol. The third-order valence-corrected chi connectivity index (χ3v) is 3.81. The zero-order valence-electron chi connectivity index (χ0n) is 9.32. The van der Waals surface area contributed by atoms with E-state index >= 15 is 0 Å². The molecule has 1 aromatic rings. The minimum absolute atomic E-state index is 0.364. The molecule has 1 spiro atoms. The van der Waals surface area contributed by atoms with E-state index in [9.17, 15) is 0 Å². The summed E-state index contributed by atoms with van der Waals surface area (Å²) in [5.74, 6) is 1.33. The molecular formula is C11H17N5. The molecule has 3 rings (SSSR count). The minimum Gasteiger partial charge on any atom is -0.368 e. The second kappa shape index (κ2) is 3.59. The lowest BCUT2D eigenvalue weighted by Crippen LogP contribution is -2.58. The number of aromatic nitrogens is 2. The third-order valence-electron chi connectivity index (χ3n) is 3.81. The average Bonchev–Trinajstić information content (AvgIpc) is 2.27. The molecule has 1 aromatic heterocycles. The zero-order valence-corrected chi connectivity index (χ0v) is 9.32. The van der Waals surface area contributed by atoms with Gasteiger partial charge in [0.25, 0.3) is 0 Å². The van der Waals surface area contributed by atoms with Gasteiger partial charge in [-0.25, -0.2) is 4.98 Å². The van der Waals surface area contributed by atoms with E-state index in [4.69, 9.17) is 5.73 Å². The maximum absolute atomic E-state index is 5.60. The highest BCUT2D eigenvalue weighted by molar-refractivity contribution is 5.41. The van der Waals surface area contributed by atoms with Crippen LogP contribution in [0.4, 0.5) is 11.8 Å². The van der Waals surface area contributed by atoms with Crippen molar-refractivity contribution in [2.75, 3.05) is 36.8 Å². The molecule has 2 aliphatic rings. The molecule has 3 N–H and O–H groups in total. The first-order valence-electron chi connectivity index (χ1n) is 5.82. The summed E-state index contributed by atoms with van der Waals surface area (Å²) in [4.78, 5) is 10.5. The second-order valence-electron chi connectivity index (χ2n) is 4.86. The van der Waals surface area contributed by atoms with Gasteiger partial charge in [-0.05, 0) is 24.3 Å². The topological polar surface area (TPSA) is 67.1 Å². The second-order valence-corrected chi connectivity index (χ2v) is 4.86. The largest absolute Gasteiger partial charge is 0.368 e. The van der Waals surface area contributed by atoms with Gasteiger partial charge in [0.15, 0.2) is 0 Å². The molecule has 0 atom stereocenters. The summed E-state index contributed by atoms with van der Waals surface area (Å²) in [6.45, 7) is 4.54. The predicted molar refractivity (Wildman–Crippen MR) is 63.2 cm³/mol. The van der Waals surface area contributed by atoms with E-state index in [2.05, 4.69) is 20.2 Å². The summed E-state index contributed by atoms with van der Waals surface area (Å²) in [7, 11) is 0. The van der Waals surface area contributed by atoms with Crippen molar-refractivity contribution in [1.29, 1.82) is 0 Å². The van der Waals surface area contributed by atoms with Crippen molar-refractivity contribution >= 4 is 11.8 Å². The van der Waals surface area contributed by atoms with Crippen LogP contribution in [0.5, 0.6) is 0 Å². The molecule has 0 unspecified atom stereocenters. The SMILES string of the molecule is Nc1nccc(N2CCC3(CC2)CNC3)n1. The van der Waals surface area contributed by atoms with E-state index in [1.54, 1.807) is 6.20 Å². The summed E-state index contributed by atoms with van der Waals surface area (Å²) < 4.78 is 0. The van der Waals surface area contributed by atoms with Gasteiger partial charge in [-0.3, -0.25) is 0 Å². The number of nitrogen functional groups attached to an aromatic ring is 1. The first-order chi connectivity index (χ1) is 7.77. The summed E-state index contributed by atoms with van der Waals surface area (Å²) >= 11 is 0. The first kappa shape index (κ1) is 9.84. The number of piperidine rings is 1. The Kier molecular flexibility index (Phi) is 2.21. The molecule has 0 saturated carbocycles. The van der Waals surface area contributed by atoms with Crippen LogP contribution < -0.4 is 16.0 Å². The highest BCUT2D eigenvalue weighted by atomic mass is 15.2. The first-order valence-corrected chi connectivity index (χ1v) is 5.82. The fourth-order valence-corrected chi connectivity index (χ4v) is 2.58. The molecule has 2 saturated heterocycles. The normalized spacial score (nSPS) is 23.1. The molecule has 0 radical (unpaired) electrons. The summed E-state index contributed by atoms with van der Waals surface area (Å²) in [6, 6.07) is 1.94. The maximum Gasteiger partial charge on any atom is 0.221 e. The molecule has 0 aliphatic carbocycles. The van der Waals surface area contributed by atoms with E-state index in [1.165, 1.54) is 25.9 Å². The fraction of sp³-hybridized carbons (Fsp3) is 0.636. The molecule has 2 aliphatic heterocycles. The molecule has 0 aromatic carbocycles. The van der Waals surface area contributed by atoms with Crippen molar-refractivity contribution in [3.05, 3.63) is 12.3 Å². The van der Waals surface area contributed by atoms with Crippen molar-refractivity contribution < 1.29 is 0 Å². The monoisotopic (exact) mass is 219 g/mol. The van der Waals surface area contributed by atoms with Gasteiger partial charge in [0.05, 0.1) is 0 Å². The Bertz CT molecular complexity index is 378. The molecule has 0 bridgehead atoms. The van der Waals surface area contributed by atoms with Crippen LogP contribution in [0.25, 0.3) is 0 Å². The van der Waals surface area contributed by atoms with Crippen LogP contribution in [0.2, 0.25) is 0 Å². The Morgan fingerprint density at radius 1 is 1.31 bits per heavy atom. The maximum atomic E-state index is 5.60. The van der Waals surface area contributed by atoms with Gasteiger partial charge in [-0.2, -0.15) is 4.98 Å². The van der Waals surface area contributed by atoms with Gasteiger partial charge in [-0.1, -0.05) is 0 Å². The van der Waals surface area contributed by atoms with Crippen molar-refractivity contribution in [3.8, 4) is 0 Å². The molecule has 86 valence electrons. The summed E-state index contributed by atoms with van der Waals surface area (Å²) in [6.07, 6.45) is 4.24. The third kappa shape index (κ3) is 1.61. The van der Waals surface area contributed by atoms with E-state index < -0.39 is 0 Å². The lowest BCUT2D eigenvalue weighted by atomic mass is 9.73. The molecule has 0 amide bonds. The molecule has 16 heavy (non-hydrogen) atoms. The number of nitrogens with zero attached hydrogens (tertiary/aromatic N) is 3. The predicted octanol–water partition coefficient (Wildman–Crippen LogP) is 0.249. The number of nitrogens with one attached hydrogen (secondary N) is 1. The standard InChI is InChI=1S/C11H17N5/c12-10-14-4-1-9(15-10)16-5-2-11(3-6-16)7-13-8-11/h1,4,13H,2-3,5-8H2,(H2,12,14,15). The van der Waals surface area contributed by atoms with E-state index in [-0.39, 0.29) is 0 Å². The fourth-order valence-electron chi connectivity index (χ4n) is 2.58. The number of nitrogens with two attached hydrogens (primary N) is 1. The number of rotatable bonds is 1. The van der Waals surface area contributed by atoms with Crippen LogP contribution >= 0.6 is 0 Å². The van der Waals surface area contributed by atoms with Gasteiger partial charge in [0.1, 0.15) is 5.82 Å². The van der Waals surface area contributed by atoms with Gasteiger partial charge in [0.2, 0.25) is 5.95 Å². The van der Waals surface area contributed by atoms with E-state index in [0.717, 1.165) is 18.9 Å². The van der Waals surface area contributed by atoms with Crippen LogP contribution in [0, 0.1) is 5.41 Å². The number of anilines is 2. The van der Waals surface area contributed by atoms with Crippen LogP contribution in [-0.2, 0) is 0 Å². The Labute approximate surface area is 95.1 Å². The Morgan fingerprint density at radius 2 is 2.06 bits per heavy atom. The van der Waals surface area contributed by atoms with Crippen LogP contribution in [0.3, 0.4) is 0 Å². The van der Waals surface area contributed by atoms with E-state index in [0.29, 0.717) is 11.4 Å². The van der Waals surface area contributed by atoms with Crippen molar-refractivity contribution in [3.63, 3.8) is 0 Å². The van der Waals surface area contributed by atoms with Gasteiger partial charge >= 0.3 is 0 Å². The lowest BCUT2D eigenvalue weighted by molar-refractivity contribution is 0.126. The van der Waals surface area contributed by atoms with Crippen LogP contribution in [0.15, 0.2) is 12.3 Å². The molecule has 3 heterocycles. The van der Waals surface area contributed by atoms with Gasteiger partial charge in [-0.15, -0.1) is 0 Å². The van der Waals surface area contributed by atoms with Crippen molar-refractivity contribution in [2.24, 2.45) is 5.41 Å². The lowest BCUT2D eigenvalue weighted by Gasteiger charge is -2.48. The molecule has 2 fully saturated rings. The zero-order chi connectivity index (χ0) is 11.0. The van der Waals surface area contributed by atoms with Crippen LogP contribution in [-0.4, -0.2) is 36.1 Å². The Hall–Kier alpha value is -1.36. The highest BCUT2D eigenvalue weighted by Crippen LogP contribution is 2.35. The van der Waals surface area contributed by atoms with Gasteiger partial charge < -0.3 is 16.0 Å². The number of hydrogen-bond donors (Lipinski definition) is 2. The molecular weight excluding hydrogens is 202 g/mol.